The van der Waals surface area contributed by atoms with Crippen molar-refractivity contribution in [3.05, 3.63) is 12.2 Å². The molecule has 0 saturated carbocycles. The molecule has 0 aliphatic rings. The Kier molecular flexibility index (Phi) is 22.0. The van der Waals surface area contributed by atoms with E-state index in [0.29, 0.717) is 6.42 Å². The van der Waals surface area contributed by atoms with Gasteiger partial charge in [0.1, 0.15) is 0 Å². The second-order valence-corrected chi connectivity index (χ2v) is 7.74. The minimum Gasteiger partial charge on any atom is -0.790 e. The molecule has 0 aliphatic carbocycles. The molecule has 0 N–H and O–H groups in total. The normalized spacial score (nSPS) is 13.4. The van der Waals surface area contributed by atoms with Crippen LogP contribution in [0.3, 0.4) is 0 Å². The van der Waals surface area contributed by atoms with Gasteiger partial charge in [0.25, 0.3) is 0 Å². The molecular formula is C5H9Na3O6P2S. The van der Waals surface area contributed by atoms with Gasteiger partial charge in [0, 0.05) is 5.75 Å². The van der Waals surface area contributed by atoms with E-state index in [-0.39, 0.29) is 106 Å². The Morgan fingerprint density at radius 1 is 1.24 bits per heavy atom. The SMILES string of the molecule is C=C(C)CCSP(=O)([O-])OP(=O)([O-])[O-].[Na+].[Na+].[Na+]. The van der Waals surface area contributed by atoms with E-state index in [9.17, 15) is 23.8 Å². The zero-order valence-corrected chi connectivity index (χ0v) is 19.0. The number of rotatable bonds is 6. The molecule has 12 heteroatoms. The van der Waals surface area contributed by atoms with Gasteiger partial charge in [-0.3, -0.25) is 8.88 Å². The molecule has 0 bridgehead atoms. The van der Waals surface area contributed by atoms with Crippen LogP contribution >= 0.6 is 26.0 Å². The van der Waals surface area contributed by atoms with E-state index in [4.69, 9.17) is 0 Å². The number of phosphoric acid groups is 1. The molecule has 0 amide bonds. The van der Waals surface area contributed by atoms with Crippen molar-refractivity contribution < 1.29 is 117 Å². The van der Waals surface area contributed by atoms with Crippen molar-refractivity contribution in [3.63, 3.8) is 0 Å². The Morgan fingerprint density at radius 3 is 1.94 bits per heavy atom. The third kappa shape index (κ3) is 21.8. The summed E-state index contributed by atoms with van der Waals surface area (Å²) in [5.74, 6) is 0.107. The fourth-order valence-electron chi connectivity index (χ4n) is 0.478. The van der Waals surface area contributed by atoms with Crippen LogP contribution in [0, 0.1) is 0 Å². The van der Waals surface area contributed by atoms with Crippen molar-refractivity contribution in [1.29, 1.82) is 0 Å². The van der Waals surface area contributed by atoms with Gasteiger partial charge in [-0.05, 0) is 13.3 Å². The molecule has 0 aliphatic heterocycles. The summed E-state index contributed by atoms with van der Waals surface area (Å²) in [5.41, 5.74) is 0.755. The summed E-state index contributed by atoms with van der Waals surface area (Å²) >= 11 is 0.279. The predicted octanol–water partition coefficient (Wildman–Crippen LogP) is -8.99. The molecule has 0 saturated heterocycles. The van der Waals surface area contributed by atoms with Crippen LogP contribution in [0.2, 0.25) is 0 Å². The van der Waals surface area contributed by atoms with E-state index in [2.05, 4.69) is 10.9 Å². The van der Waals surface area contributed by atoms with Crippen LogP contribution in [-0.2, 0) is 13.4 Å². The Labute approximate surface area is 171 Å². The molecule has 1 atom stereocenters. The van der Waals surface area contributed by atoms with E-state index < -0.39 is 14.6 Å². The molecule has 0 fully saturated rings. The van der Waals surface area contributed by atoms with E-state index in [1.54, 1.807) is 6.92 Å². The quantitative estimate of drug-likeness (QED) is 0.270. The van der Waals surface area contributed by atoms with Crippen LogP contribution in [0.1, 0.15) is 13.3 Å². The summed E-state index contributed by atoms with van der Waals surface area (Å²) in [7, 11) is -5.47. The molecule has 17 heavy (non-hydrogen) atoms. The Hall–Kier alpha value is 3.39. The number of allylic oxidation sites excluding steroid dienone is 1. The van der Waals surface area contributed by atoms with Gasteiger partial charge < -0.3 is 19.2 Å². The standard InChI is InChI=1S/C5H12O6P2S.3Na/c1-5(2)3-4-14-13(9,10)11-12(6,7)8;;;/h1,3-4H2,2H3,(H,9,10)(H2,6,7,8);;;/q;3*+1/p-3. The van der Waals surface area contributed by atoms with Gasteiger partial charge in [0.2, 0.25) is 0 Å². The van der Waals surface area contributed by atoms with Crippen molar-refractivity contribution in [2.75, 3.05) is 5.75 Å². The van der Waals surface area contributed by atoms with Gasteiger partial charge in [-0.25, -0.2) is 0 Å². The first-order valence-corrected chi connectivity index (χ1v) is 8.05. The van der Waals surface area contributed by atoms with Crippen LogP contribution < -0.4 is 103 Å². The Bertz CT molecular complexity index is 308. The van der Waals surface area contributed by atoms with Crippen molar-refractivity contribution in [1.82, 2.24) is 0 Å². The third-order valence-corrected chi connectivity index (χ3v) is 5.38. The molecule has 0 rings (SSSR count). The van der Waals surface area contributed by atoms with E-state index in [1.165, 1.54) is 0 Å². The topological polar surface area (TPSA) is 113 Å². The minimum atomic E-state index is -5.47. The predicted molar refractivity (Wildman–Crippen MR) is 48.2 cm³/mol. The fraction of sp³-hybridized carbons (Fsp3) is 0.600. The molecule has 0 aromatic carbocycles. The smallest absolute Gasteiger partial charge is 0.790 e. The average Bonchev–Trinajstić information content (AvgIpc) is 1.78. The van der Waals surface area contributed by atoms with E-state index >= 15 is 0 Å². The van der Waals surface area contributed by atoms with Crippen LogP contribution in [-0.4, -0.2) is 5.75 Å². The monoisotopic (exact) mass is 328 g/mol. The maximum absolute atomic E-state index is 10.8. The molecule has 84 valence electrons. The Balaban J connectivity index is -0.000000282. The summed E-state index contributed by atoms with van der Waals surface area (Å²) < 4.78 is 24.2. The van der Waals surface area contributed by atoms with Crippen LogP contribution in [0.25, 0.3) is 0 Å². The van der Waals surface area contributed by atoms with Gasteiger partial charge in [0.05, 0.1) is 7.82 Å². The first kappa shape index (κ1) is 28.5. The summed E-state index contributed by atoms with van der Waals surface area (Å²) in [6, 6.07) is 0. The summed E-state index contributed by atoms with van der Waals surface area (Å²) in [4.78, 5) is 30.8. The van der Waals surface area contributed by atoms with Gasteiger partial charge in [-0.15, -0.1) is 6.58 Å². The second-order valence-electron chi connectivity index (χ2n) is 2.52. The first-order valence-electron chi connectivity index (χ1n) is 3.46. The summed E-state index contributed by atoms with van der Waals surface area (Å²) in [6.45, 7) is 0.590. The van der Waals surface area contributed by atoms with Gasteiger partial charge in [-0.2, -0.15) is 0 Å². The molecule has 0 heterocycles. The van der Waals surface area contributed by atoms with Gasteiger partial charge in [-0.1, -0.05) is 17.0 Å². The third-order valence-electron chi connectivity index (χ3n) is 0.978. The molecular weight excluding hydrogens is 319 g/mol. The largest absolute Gasteiger partial charge is 1.00 e. The second kappa shape index (κ2) is 13.1. The zero-order valence-electron chi connectivity index (χ0n) is 10.4. The maximum Gasteiger partial charge on any atom is 1.00 e. The molecule has 0 spiro atoms. The molecule has 0 aromatic rings. The van der Waals surface area contributed by atoms with Gasteiger partial charge >= 0.3 is 88.7 Å². The molecule has 1 unspecified atom stereocenters. The van der Waals surface area contributed by atoms with Crippen molar-refractivity contribution in [2.24, 2.45) is 0 Å². The molecule has 6 nitrogen and oxygen atoms in total. The minimum absolute atomic E-state index is 0. The average molecular weight is 328 g/mol. The van der Waals surface area contributed by atoms with Crippen LogP contribution in [0.15, 0.2) is 12.2 Å². The van der Waals surface area contributed by atoms with E-state index in [0.717, 1.165) is 5.57 Å². The number of hydrogen-bond acceptors (Lipinski definition) is 7. The van der Waals surface area contributed by atoms with Gasteiger partial charge in [0.15, 0.2) is 6.80 Å². The van der Waals surface area contributed by atoms with E-state index in [1.807, 2.05) is 0 Å². The molecule has 0 radical (unpaired) electrons. The van der Waals surface area contributed by atoms with Crippen LogP contribution in [0.4, 0.5) is 0 Å². The summed E-state index contributed by atoms with van der Waals surface area (Å²) in [5, 5.41) is 0. The number of hydrogen-bond donors (Lipinski definition) is 0. The molecule has 0 aromatic heterocycles. The van der Waals surface area contributed by atoms with Crippen LogP contribution in [0.5, 0.6) is 0 Å². The zero-order chi connectivity index (χ0) is 11.4. The Morgan fingerprint density at radius 2 is 1.65 bits per heavy atom. The first-order chi connectivity index (χ1) is 6.12. The van der Waals surface area contributed by atoms with Crippen molar-refractivity contribution in [2.45, 2.75) is 13.3 Å². The fourth-order valence-corrected chi connectivity index (χ4v) is 4.41. The maximum atomic E-state index is 10.8. The van der Waals surface area contributed by atoms with Crippen molar-refractivity contribution in [3.8, 4) is 0 Å². The summed E-state index contributed by atoms with van der Waals surface area (Å²) in [6.07, 6.45) is 0.405. The van der Waals surface area contributed by atoms with Crippen molar-refractivity contribution >= 4 is 26.0 Å².